The number of carbonyl (C=O) groups is 3. The van der Waals surface area contributed by atoms with Gasteiger partial charge < -0.3 is 24.4 Å². The minimum atomic E-state index is -0.518. The number of ether oxygens (including phenoxy) is 3. The number of carbonyl (C=O) groups excluding carboxylic acids is 3. The number of hydrogen-bond donors (Lipinski definition) is 1. The smallest absolute Gasteiger partial charge is 0.294 e. The minimum Gasteiger partial charge on any atom is -0.493 e. The fourth-order valence-electron chi connectivity index (χ4n) is 4.34. The molecule has 2 aliphatic rings. The van der Waals surface area contributed by atoms with Gasteiger partial charge in [0.1, 0.15) is 13.2 Å². The summed E-state index contributed by atoms with van der Waals surface area (Å²) in [6.07, 6.45) is 1.61. The number of anilines is 2. The molecule has 3 amide bonds. The van der Waals surface area contributed by atoms with E-state index in [1.165, 1.54) is 0 Å². The summed E-state index contributed by atoms with van der Waals surface area (Å²) in [5, 5.41) is 2.27. The topological polar surface area (TPSA) is 97.4 Å². The Bertz CT molecular complexity index is 1460. The molecule has 0 unspecified atom stereocenters. The molecule has 2 aliphatic heterocycles. The average Bonchev–Trinajstić information content (AvgIpc) is 3.25. The number of amides is 3. The van der Waals surface area contributed by atoms with Gasteiger partial charge in [0.15, 0.2) is 11.5 Å². The van der Waals surface area contributed by atoms with Gasteiger partial charge in [-0.3, -0.25) is 19.3 Å². The van der Waals surface area contributed by atoms with Crippen LogP contribution in [0, 0.1) is 3.57 Å². The molecule has 11 heteroatoms. The second-order valence-corrected chi connectivity index (χ2v) is 11.5. The maximum absolute atomic E-state index is 13.0. The molecule has 2 fully saturated rings. The molecule has 3 aromatic rings. The highest BCUT2D eigenvalue weighted by Crippen LogP contribution is 2.35. The second kappa shape index (κ2) is 13.4. The van der Waals surface area contributed by atoms with Crippen LogP contribution in [0.3, 0.4) is 0 Å². The van der Waals surface area contributed by atoms with E-state index in [1.54, 1.807) is 43.5 Å². The predicted octanol–water partition coefficient (Wildman–Crippen LogP) is 5.39. The molecular formula is C30H28IN3O6S. The summed E-state index contributed by atoms with van der Waals surface area (Å²) >= 11 is 3.05. The number of rotatable bonds is 9. The van der Waals surface area contributed by atoms with Crippen molar-refractivity contribution >= 4 is 68.9 Å². The third kappa shape index (κ3) is 7.40. The van der Waals surface area contributed by atoms with Crippen LogP contribution in [0.2, 0.25) is 0 Å². The lowest BCUT2D eigenvalue weighted by atomic mass is 10.1. The molecule has 2 heterocycles. The predicted molar refractivity (Wildman–Crippen MR) is 167 cm³/mol. The summed E-state index contributed by atoms with van der Waals surface area (Å²) in [6.45, 7) is 3.01. The molecule has 0 bridgehead atoms. The van der Waals surface area contributed by atoms with Crippen LogP contribution in [-0.2, 0) is 20.9 Å². The maximum atomic E-state index is 13.0. The number of thioether (sulfide) groups is 1. The van der Waals surface area contributed by atoms with E-state index < -0.39 is 17.1 Å². The highest BCUT2D eigenvalue weighted by atomic mass is 127. The Kier molecular flexibility index (Phi) is 9.47. The number of nitrogens with zero attached hydrogens (tertiary/aromatic N) is 2. The minimum absolute atomic E-state index is 0.229. The zero-order chi connectivity index (χ0) is 28.8. The third-order valence-electron chi connectivity index (χ3n) is 6.50. The quantitative estimate of drug-likeness (QED) is 0.237. The Morgan fingerprint density at radius 1 is 1.02 bits per heavy atom. The Labute approximate surface area is 256 Å². The van der Waals surface area contributed by atoms with E-state index in [4.69, 9.17) is 14.2 Å². The fraction of sp³-hybridized carbons (Fsp3) is 0.233. The number of nitrogens with one attached hydrogen (secondary N) is 1. The Hall–Kier alpha value is -3.55. The van der Waals surface area contributed by atoms with Gasteiger partial charge in [-0.15, -0.1) is 0 Å². The number of halogens is 1. The summed E-state index contributed by atoms with van der Waals surface area (Å²) in [5.74, 6) is 0.0910. The normalized spacial score (nSPS) is 16.3. The number of benzene rings is 3. The second-order valence-electron chi connectivity index (χ2n) is 9.29. The van der Waals surface area contributed by atoms with Gasteiger partial charge in [-0.25, -0.2) is 0 Å². The van der Waals surface area contributed by atoms with E-state index in [9.17, 15) is 14.4 Å². The Morgan fingerprint density at radius 3 is 2.46 bits per heavy atom. The molecular weight excluding hydrogens is 657 g/mol. The van der Waals surface area contributed by atoms with Crippen LogP contribution in [0.1, 0.15) is 11.1 Å². The monoisotopic (exact) mass is 685 g/mol. The van der Waals surface area contributed by atoms with Gasteiger partial charge >= 0.3 is 0 Å². The van der Waals surface area contributed by atoms with E-state index in [2.05, 4.69) is 32.8 Å². The van der Waals surface area contributed by atoms with Gasteiger partial charge in [0, 0.05) is 28.0 Å². The van der Waals surface area contributed by atoms with Crippen LogP contribution in [0.5, 0.6) is 11.5 Å². The first-order valence-electron chi connectivity index (χ1n) is 12.9. The van der Waals surface area contributed by atoms with Crippen LogP contribution in [0.15, 0.2) is 71.6 Å². The van der Waals surface area contributed by atoms with Crippen LogP contribution in [0.25, 0.3) is 6.08 Å². The molecule has 5 rings (SSSR count). The molecule has 0 radical (unpaired) electrons. The first kappa shape index (κ1) is 29.0. The number of hydrogen-bond acceptors (Lipinski definition) is 8. The molecule has 2 saturated heterocycles. The van der Waals surface area contributed by atoms with Crippen molar-refractivity contribution in [3.8, 4) is 11.5 Å². The largest absolute Gasteiger partial charge is 0.493 e. The van der Waals surface area contributed by atoms with Crippen molar-refractivity contribution in [3.63, 3.8) is 0 Å². The van der Waals surface area contributed by atoms with Crippen molar-refractivity contribution in [1.29, 1.82) is 0 Å². The Morgan fingerprint density at radius 2 is 1.76 bits per heavy atom. The highest BCUT2D eigenvalue weighted by Gasteiger charge is 2.36. The molecule has 0 aliphatic carbocycles. The molecule has 0 atom stereocenters. The maximum Gasteiger partial charge on any atom is 0.294 e. The molecule has 0 spiro atoms. The van der Waals surface area contributed by atoms with Crippen LogP contribution >= 0.6 is 34.4 Å². The summed E-state index contributed by atoms with van der Waals surface area (Å²) in [7, 11) is 1.54. The van der Waals surface area contributed by atoms with Gasteiger partial charge in [-0.2, -0.15) is 0 Å². The first-order chi connectivity index (χ1) is 19.9. The van der Waals surface area contributed by atoms with E-state index in [0.717, 1.165) is 44.6 Å². The van der Waals surface area contributed by atoms with Crippen molar-refractivity contribution in [2.75, 3.05) is 50.2 Å². The molecule has 9 nitrogen and oxygen atoms in total. The van der Waals surface area contributed by atoms with Crippen LogP contribution in [0.4, 0.5) is 16.2 Å². The summed E-state index contributed by atoms with van der Waals surface area (Å²) in [6, 6.07) is 20.8. The SMILES string of the molecule is COc1cc(/C=C2\SC(=O)N(CC(=O)Nc3ccc(N4CCOCC4)cc3)C2=O)ccc1OCc1ccc(I)cc1. The lowest BCUT2D eigenvalue weighted by molar-refractivity contribution is -0.127. The van der Waals surface area contributed by atoms with E-state index in [1.807, 2.05) is 36.4 Å². The number of methoxy groups -OCH3 is 1. The molecule has 1 N–H and O–H groups in total. The highest BCUT2D eigenvalue weighted by molar-refractivity contribution is 14.1. The summed E-state index contributed by atoms with van der Waals surface area (Å²) < 4.78 is 18.0. The van der Waals surface area contributed by atoms with Gasteiger partial charge in [0.05, 0.1) is 25.2 Å². The van der Waals surface area contributed by atoms with E-state index >= 15 is 0 Å². The third-order valence-corrected chi connectivity index (χ3v) is 8.12. The lowest BCUT2D eigenvalue weighted by Gasteiger charge is -2.28. The lowest BCUT2D eigenvalue weighted by Crippen LogP contribution is -2.36. The van der Waals surface area contributed by atoms with E-state index in [-0.39, 0.29) is 11.4 Å². The van der Waals surface area contributed by atoms with Crippen molar-refractivity contribution in [2.24, 2.45) is 0 Å². The molecule has 41 heavy (non-hydrogen) atoms. The summed E-state index contributed by atoms with van der Waals surface area (Å²) in [5.41, 5.74) is 3.33. The molecule has 212 valence electrons. The van der Waals surface area contributed by atoms with Gasteiger partial charge in [0.25, 0.3) is 11.1 Å². The van der Waals surface area contributed by atoms with Crippen molar-refractivity contribution in [3.05, 3.63) is 86.3 Å². The zero-order valence-corrected chi connectivity index (χ0v) is 25.3. The van der Waals surface area contributed by atoms with Gasteiger partial charge in [-0.1, -0.05) is 18.2 Å². The standard InChI is InChI=1S/C30H28IN3O6S/c1-38-26-16-21(4-11-25(26)40-19-20-2-5-22(31)6-3-20)17-27-29(36)34(30(37)41-27)18-28(35)32-23-7-9-24(10-8-23)33-12-14-39-15-13-33/h2-11,16-17H,12-15,18-19H2,1H3,(H,32,35)/b27-17-. The summed E-state index contributed by atoms with van der Waals surface area (Å²) in [4.78, 5) is 41.7. The molecule has 0 saturated carbocycles. The van der Waals surface area contributed by atoms with E-state index in [0.29, 0.717) is 42.6 Å². The van der Waals surface area contributed by atoms with Gasteiger partial charge in [0.2, 0.25) is 5.91 Å². The molecule has 3 aromatic carbocycles. The zero-order valence-electron chi connectivity index (χ0n) is 22.3. The fourth-order valence-corrected chi connectivity index (χ4v) is 5.54. The number of morpholine rings is 1. The van der Waals surface area contributed by atoms with Crippen molar-refractivity contribution < 1.29 is 28.6 Å². The average molecular weight is 686 g/mol. The van der Waals surface area contributed by atoms with Crippen LogP contribution < -0.4 is 19.7 Å². The first-order valence-corrected chi connectivity index (χ1v) is 14.8. The van der Waals surface area contributed by atoms with Crippen molar-refractivity contribution in [1.82, 2.24) is 4.90 Å². The number of imide groups is 1. The Balaban J connectivity index is 1.19. The van der Waals surface area contributed by atoms with Crippen LogP contribution in [-0.4, -0.2) is 61.9 Å². The van der Waals surface area contributed by atoms with Gasteiger partial charge in [-0.05, 0) is 100 Å². The van der Waals surface area contributed by atoms with Crippen molar-refractivity contribution in [2.45, 2.75) is 6.61 Å². The molecule has 0 aromatic heterocycles.